The van der Waals surface area contributed by atoms with Crippen molar-refractivity contribution < 1.29 is 0 Å². The first-order valence-electron chi connectivity index (χ1n) is 3.92. The van der Waals surface area contributed by atoms with E-state index in [4.69, 9.17) is 0 Å². The molecule has 0 saturated heterocycles. The topological polar surface area (TPSA) is 12.0 Å². The summed E-state index contributed by atoms with van der Waals surface area (Å²) >= 11 is 0. The molecule has 1 aromatic carbocycles. The summed E-state index contributed by atoms with van der Waals surface area (Å²) < 4.78 is 0. The second kappa shape index (κ2) is 4.39. The van der Waals surface area contributed by atoms with E-state index in [1.165, 1.54) is 5.56 Å². The number of hydrogen-bond acceptors (Lipinski definition) is 1. The Labute approximate surface area is 73.4 Å². The Balaban J connectivity index is 2.43. The monoisotopic (exact) mass is 159 g/mol. The number of nitrogens with one attached hydrogen (secondary N) is 1. The molecule has 62 valence electrons. The van der Waals surface area contributed by atoms with Crippen molar-refractivity contribution in [1.29, 1.82) is 0 Å². The molecule has 0 fully saturated rings. The van der Waals surface area contributed by atoms with Crippen LogP contribution in [0.15, 0.2) is 55.3 Å². The fraction of sp³-hybridized carbons (Fsp3) is 0.0909. The lowest BCUT2D eigenvalue weighted by Crippen LogP contribution is -2.09. The maximum atomic E-state index is 3.76. The summed E-state index contributed by atoms with van der Waals surface area (Å²) in [4.78, 5) is 0. The molecule has 0 unspecified atom stereocenters. The normalized spacial score (nSPS) is 9.00. The molecule has 12 heavy (non-hydrogen) atoms. The second-order valence-electron chi connectivity index (χ2n) is 2.57. The van der Waals surface area contributed by atoms with Crippen LogP contribution in [0.4, 0.5) is 0 Å². The molecule has 1 aromatic rings. The summed E-state index contributed by atoms with van der Waals surface area (Å²) in [6, 6.07) is 10.2. The number of allylic oxidation sites excluding steroid dienone is 1. The third-order valence-corrected chi connectivity index (χ3v) is 1.61. The zero-order valence-corrected chi connectivity index (χ0v) is 7.09. The lowest BCUT2D eigenvalue weighted by Gasteiger charge is -2.04. The fourth-order valence-electron chi connectivity index (χ4n) is 0.884. The van der Waals surface area contributed by atoms with Gasteiger partial charge in [-0.1, -0.05) is 43.5 Å². The van der Waals surface area contributed by atoms with E-state index in [0.717, 1.165) is 12.2 Å². The van der Waals surface area contributed by atoms with Crippen LogP contribution in [-0.4, -0.2) is 0 Å². The summed E-state index contributed by atoms with van der Waals surface area (Å²) in [5, 5.41) is 3.14. The van der Waals surface area contributed by atoms with Crippen LogP contribution < -0.4 is 5.32 Å². The van der Waals surface area contributed by atoms with E-state index in [9.17, 15) is 0 Å². The van der Waals surface area contributed by atoms with Crippen molar-refractivity contribution in [3.8, 4) is 0 Å². The van der Waals surface area contributed by atoms with Gasteiger partial charge in [-0.25, -0.2) is 0 Å². The highest BCUT2D eigenvalue weighted by Gasteiger charge is 1.89. The van der Waals surface area contributed by atoms with Gasteiger partial charge in [-0.2, -0.15) is 0 Å². The van der Waals surface area contributed by atoms with Crippen LogP contribution in [-0.2, 0) is 6.54 Å². The number of hydrogen-bond donors (Lipinski definition) is 1. The minimum atomic E-state index is 0.811. The molecular weight excluding hydrogens is 146 g/mol. The van der Waals surface area contributed by atoms with Crippen LogP contribution in [0.2, 0.25) is 0 Å². The van der Waals surface area contributed by atoms with Crippen LogP contribution in [0.3, 0.4) is 0 Å². The summed E-state index contributed by atoms with van der Waals surface area (Å²) in [6.45, 7) is 8.18. The molecule has 0 saturated carbocycles. The maximum Gasteiger partial charge on any atom is 0.0400 e. The molecule has 0 amide bonds. The van der Waals surface area contributed by atoms with Crippen LogP contribution in [0.5, 0.6) is 0 Å². The zero-order chi connectivity index (χ0) is 8.81. The molecule has 1 rings (SSSR count). The highest BCUT2D eigenvalue weighted by atomic mass is 14.9. The van der Waals surface area contributed by atoms with Gasteiger partial charge in [0.15, 0.2) is 0 Å². The predicted octanol–water partition coefficient (Wildman–Crippen LogP) is 2.48. The van der Waals surface area contributed by atoms with Gasteiger partial charge >= 0.3 is 0 Å². The predicted molar refractivity (Wildman–Crippen MR) is 52.6 cm³/mol. The van der Waals surface area contributed by atoms with Crippen molar-refractivity contribution in [1.82, 2.24) is 5.32 Å². The lowest BCUT2D eigenvalue weighted by molar-refractivity contribution is 0.837. The molecule has 1 nitrogen and oxygen atoms in total. The van der Waals surface area contributed by atoms with Gasteiger partial charge in [0.05, 0.1) is 0 Å². The molecule has 1 heteroatoms. The largest absolute Gasteiger partial charge is 0.381 e. The number of rotatable bonds is 4. The van der Waals surface area contributed by atoms with Crippen LogP contribution >= 0.6 is 0 Å². The number of benzene rings is 1. The molecule has 0 aliphatic rings. The first kappa shape index (κ1) is 8.60. The van der Waals surface area contributed by atoms with E-state index in [1.54, 1.807) is 6.08 Å². The fourth-order valence-corrected chi connectivity index (χ4v) is 0.884. The Morgan fingerprint density at radius 3 is 2.58 bits per heavy atom. The Hall–Kier alpha value is -1.50. The molecule has 0 bridgehead atoms. The minimum Gasteiger partial charge on any atom is -0.381 e. The van der Waals surface area contributed by atoms with Gasteiger partial charge in [-0.3, -0.25) is 0 Å². The summed E-state index contributed by atoms with van der Waals surface area (Å²) in [6.07, 6.45) is 1.71. The maximum absolute atomic E-state index is 3.76. The van der Waals surface area contributed by atoms with Crippen molar-refractivity contribution in [2.45, 2.75) is 6.54 Å². The SMILES string of the molecule is C=CC(=C)NCc1ccccc1. The van der Waals surface area contributed by atoms with Gasteiger partial charge in [0.2, 0.25) is 0 Å². The highest BCUT2D eigenvalue weighted by Crippen LogP contribution is 1.98. The van der Waals surface area contributed by atoms with E-state index in [-0.39, 0.29) is 0 Å². The second-order valence-corrected chi connectivity index (χ2v) is 2.57. The first-order chi connectivity index (χ1) is 5.83. The molecule has 0 spiro atoms. The van der Waals surface area contributed by atoms with E-state index in [1.807, 2.05) is 18.2 Å². The Morgan fingerprint density at radius 1 is 1.33 bits per heavy atom. The molecule has 0 radical (unpaired) electrons. The van der Waals surface area contributed by atoms with Gasteiger partial charge in [-0.05, 0) is 11.6 Å². The third kappa shape index (κ3) is 2.62. The highest BCUT2D eigenvalue weighted by molar-refractivity contribution is 5.17. The van der Waals surface area contributed by atoms with Crippen molar-refractivity contribution in [3.63, 3.8) is 0 Å². The first-order valence-corrected chi connectivity index (χ1v) is 3.92. The molecule has 0 aliphatic carbocycles. The molecule has 0 aliphatic heterocycles. The van der Waals surface area contributed by atoms with Crippen molar-refractivity contribution in [2.24, 2.45) is 0 Å². The van der Waals surface area contributed by atoms with Crippen LogP contribution in [0, 0.1) is 0 Å². The van der Waals surface area contributed by atoms with E-state index >= 15 is 0 Å². The standard InChI is InChI=1S/C11H13N/c1-3-10(2)12-9-11-7-5-4-6-8-11/h3-8,12H,1-2,9H2. The molecule has 0 aromatic heterocycles. The van der Waals surface area contributed by atoms with Gasteiger partial charge in [0.1, 0.15) is 0 Å². The Bertz CT molecular complexity index is 262. The minimum absolute atomic E-state index is 0.811. The molecule has 0 atom stereocenters. The van der Waals surface area contributed by atoms with E-state index in [0.29, 0.717) is 0 Å². The molecule has 0 heterocycles. The average Bonchev–Trinajstić information content (AvgIpc) is 2.16. The van der Waals surface area contributed by atoms with Gasteiger partial charge in [0, 0.05) is 12.2 Å². The van der Waals surface area contributed by atoms with Gasteiger partial charge in [0.25, 0.3) is 0 Å². The summed E-state index contributed by atoms with van der Waals surface area (Å²) in [5.41, 5.74) is 2.11. The van der Waals surface area contributed by atoms with E-state index < -0.39 is 0 Å². The van der Waals surface area contributed by atoms with Gasteiger partial charge in [-0.15, -0.1) is 0 Å². The van der Waals surface area contributed by atoms with Crippen LogP contribution in [0.1, 0.15) is 5.56 Å². The average molecular weight is 159 g/mol. The molecule has 1 N–H and O–H groups in total. The quantitative estimate of drug-likeness (QED) is 0.665. The van der Waals surface area contributed by atoms with E-state index in [2.05, 4.69) is 30.6 Å². The van der Waals surface area contributed by atoms with Crippen LogP contribution in [0.25, 0.3) is 0 Å². The zero-order valence-electron chi connectivity index (χ0n) is 7.09. The summed E-state index contributed by atoms with van der Waals surface area (Å²) in [5.74, 6) is 0. The lowest BCUT2D eigenvalue weighted by atomic mass is 10.2. The Kier molecular flexibility index (Phi) is 3.15. The van der Waals surface area contributed by atoms with Crippen molar-refractivity contribution in [3.05, 3.63) is 60.8 Å². The summed E-state index contributed by atoms with van der Waals surface area (Å²) in [7, 11) is 0. The Morgan fingerprint density at radius 2 is 2.00 bits per heavy atom. The van der Waals surface area contributed by atoms with Crippen molar-refractivity contribution >= 4 is 0 Å². The van der Waals surface area contributed by atoms with Crippen molar-refractivity contribution in [2.75, 3.05) is 0 Å². The molecular formula is C11H13N. The third-order valence-electron chi connectivity index (χ3n) is 1.61. The van der Waals surface area contributed by atoms with Gasteiger partial charge < -0.3 is 5.32 Å². The smallest absolute Gasteiger partial charge is 0.0400 e.